The number of benzene rings is 1. The minimum atomic E-state index is -0.191. The molecule has 2 heteroatoms. The van der Waals surface area contributed by atoms with Gasteiger partial charge in [-0.3, -0.25) is 0 Å². The molecule has 0 aliphatic carbocycles. The van der Waals surface area contributed by atoms with Crippen LogP contribution >= 0.6 is 11.6 Å². The van der Waals surface area contributed by atoms with Gasteiger partial charge in [-0.15, -0.1) is 0 Å². The molecule has 0 radical (unpaired) electrons. The Morgan fingerprint density at radius 2 is 1.86 bits per heavy atom. The van der Waals surface area contributed by atoms with Gasteiger partial charge in [0.15, 0.2) is 0 Å². The average Bonchev–Trinajstić information content (AvgIpc) is 2.17. The molecule has 0 heterocycles. The van der Waals surface area contributed by atoms with Crippen molar-refractivity contribution in [1.29, 1.82) is 0 Å². The largest absolute Gasteiger partial charge is 0.207 e. The van der Waals surface area contributed by atoms with Gasteiger partial charge >= 0.3 is 0 Å². The Labute approximate surface area is 90.1 Å². The van der Waals surface area contributed by atoms with Crippen molar-refractivity contribution in [2.45, 2.75) is 39.0 Å². The van der Waals surface area contributed by atoms with Crippen molar-refractivity contribution in [3.63, 3.8) is 0 Å². The van der Waals surface area contributed by atoms with Gasteiger partial charge in [-0.05, 0) is 36.0 Å². The monoisotopic (exact) mass is 214 g/mol. The highest BCUT2D eigenvalue weighted by Gasteiger charge is 2.25. The normalized spacial score (nSPS) is 11.8. The molecule has 0 saturated carbocycles. The van der Waals surface area contributed by atoms with Crippen LogP contribution in [-0.2, 0) is 5.41 Å². The van der Waals surface area contributed by atoms with Crippen LogP contribution < -0.4 is 0 Å². The van der Waals surface area contributed by atoms with Gasteiger partial charge in [0.25, 0.3) is 0 Å². The van der Waals surface area contributed by atoms with Crippen LogP contribution in [0.15, 0.2) is 18.2 Å². The molecule has 1 rings (SSSR count). The van der Waals surface area contributed by atoms with E-state index in [0.29, 0.717) is 5.02 Å². The second-order valence-corrected chi connectivity index (χ2v) is 4.33. The van der Waals surface area contributed by atoms with Gasteiger partial charge in [0, 0.05) is 5.02 Å². The second kappa shape index (κ2) is 4.31. The average molecular weight is 215 g/mol. The fourth-order valence-corrected chi connectivity index (χ4v) is 1.77. The number of halogens is 2. The van der Waals surface area contributed by atoms with E-state index < -0.39 is 0 Å². The summed E-state index contributed by atoms with van der Waals surface area (Å²) >= 11 is 5.71. The van der Waals surface area contributed by atoms with Crippen LogP contribution in [0.4, 0.5) is 4.39 Å². The molecule has 0 saturated heterocycles. The van der Waals surface area contributed by atoms with Crippen molar-refractivity contribution in [2.24, 2.45) is 0 Å². The quantitative estimate of drug-likeness (QED) is 0.692. The Hall–Kier alpha value is -0.560. The third-order valence-electron chi connectivity index (χ3n) is 3.14. The van der Waals surface area contributed by atoms with E-state index in [0.717, 1.165) is 18.4 Å². The first-order valence-electron chi connectivity index (χ1n) is 4.99. The van der Waals surface area contributed by atoms with Gasteiger partial charge in [0.05, 0.1) is 0 Å². The van der Waals surface area contributed by atoms with Crippen LogP contribution in [-0.4, -0.2) is 0 Å². The van der Waals surface area contributed by atoms with Crippen molar-refractivity contribution in [2.75, 3.05) is 0 Å². The second-order valence-electron chi connectivity index (χ2n) is 3.89. The smallest absolute Gasteiger partial charge is 0.128 e. The van der Waals surface area contributed by atoms with E-state index in [4.69, 9.17) is 11.6 Å². The summed E-state index contributed by atoms with van der Waals surface area (Å²) < 4.78 is 13.6. The Balaban J connectivity index is 3.17. The Kier molecular flexibility index (Phi) is 3.54. The summed E-state index contributed by atoms with van der Waals surface area (Å²) in [5.74, 6) is -0.191. The molecule has 14 heavy (non-hydrogen) atoms. The van der Waals surface area contributed by atoms with Crippen LogP contribution in [0, 0.1) is 5.82 Å². The molecule has 78 valence electrons. The maximum atomic E-state index is 13.6. The molecule has 0 nitrogen and oxygen atoms in total. The molecule has 0 amide bonds. The predicted molar refractivity (Wildman–Crippen MR) is 59.3 cm³/mol. The lowest BCUT2D eigenvalue weighted by Crippen LogP contribution is -2.21. The van der Waals surface area contributed by atoms with Crippen molar-refractivity contribution in [1.82, 2.24) is 0 Å². The van der Waals surface area contributed by atoms with Crippen LogP contribution in [0.1, 0.15) is 39.2 Å². The van der Waals surface area contributed by atoms with E-state index in [2.05, 4.69) is 20.8 Å². The van der Waals surface area contributed by atoms with Gasteiger partial charge < -0.3 is 0 Å². The lowest BCUT2D eigenvalue weighted by molar-refractivity contribution is 0.415. The highest BCUT2D eigenvalue weighted by molar-refractivity contribution is 6.30. The van der Waals surface area contributed by atoms with Crippen LogP contribution in [0.3, 0.4) is 0 Å². The van der Waals surface area contributed by atoms with Gasteiger partial charge in [-0.1, -0.05) is 38.4 Å². The SMILES string of the molecule is CCC(C)(CC)c1ccc(Cl)cc1F. The van der Waals surface area contributed by atoms with E-state index >= 15 is 0 Å². The maximum absolute atomic E-state index is 13.6. The third kappa shape index (κ3) is 2.09. The number of hydrogen-bond donors (Lipinski definition) is 0. The molecule has 0 unspecified atom stereocenters. The summed E-state index contributed by atoms with van der Waals surface area (Å²) in [5.41, 5.74) is 0.696. The molecule has 0 N–H and O–H groups in total. The van der Waals surface area contributed by atoms with Crippen molar-refractivity contribution in [3.05, 3.63) is 34.6 Å². The summed E-state index contributed by atoms with van der Waals surface area (Å²) in [6.45, 7) is 6.24. The van der Waals surface area contributed by atoms with Crippen LogP contribution in [0.5, 0.6) is 0 Å². The molecule has 0 spiro atoms. The molecule has 0 atom stereocenters. The van der Waals surface area contributed by atoms with E-state index in [1.165, 1.54) is 6.07 Å². The Bertz CT molecular complexity index is 316. The van der Waals surface area contributed by atoms with Crippen molar-refractivity contribution >= 4 is 11.6 Å². The summed E-state index contributed by atoms with van der Waals surface area (Å²) in [7, 11) is 0. The zero-order chi connectivity index (χ0) is 10.8. The first-order chi connectivity index (χ1) is 6.53. The van der Waals surface area contributed by atoms with Gasteiger partial charge in [0.1, 0.15) is 5.82 Å². The number of rotatable bonds is 3. The van der Waals surface area contributed by atoms with Crippen LogP contribution in [0.2, 0.25) is 5.02 Å². The lowest BCUT2D eigenvalue weighted by Gasteiger charge is -2.27. The van der Waals surface area contributed by atoms with Gasteiger partial charge in [-0.25, -0.2) is 4.39 Å². The summed E-state index contributed by atoms with van der Waals surface area (Å²) in [6, 6.07) is 4.94. The highest BCUT2D eigenvalue weighted by atomic mass is 35.5. The molecule has 0 bridgehead atoms. The maximum Gasteiger partial charge on any atom is 0.128 e. The number of hydrogen-bond acceptors (Lipinski definition) is 0. The molecule has 1 aromatic carbocycles. The first-order valence-corrected chi connectivity index (χ1v) is 5.37. The van der Waals surface area contributed by atoms with Gasteiger partial charge in [0.2, 0.25) is 0 Å². The standard InChI is InChI=1S/C12H16ClF/c1-4-12(3,5-2)10-7-6-9(13)8-11(10)14/h6-8H,4-5H2,1-3H3. The van der Waals surface area contributed by atoms with E-state index in [-0.39, 0.29) is 11.2 Å². The molecular weight excluding hydrogens is 199 g/mol. The zero-order valence-electron chi connectivity index (χ0n) is 8.90. The van der Waals surface area contributed by atoms with E-state index in [1.807, 2.05) is 0 Å². The molecule has 0 aliphatic heterocycles. The zero-order valence-corrected chi connectivity index (χ0v) is 9.66. The molecule has 0 fully saturated rings. The Morgan fingerprint density at radius 1 is 1.29 bits per heavy atom. The first kappa shape index (κ1) is 11.5. The lowest BCUT2D eigenvalue weighted by atomic mass is 9.78. The highest BCUT2D eigenvalue weighted by Crippen LogP contribution is 2.33. The molecule has 0 aliphatic rings. The van der Waals surface area contributed by atoms with E-state index in [1.54, 1.807) is 12.1 Å². The minimum absolute atomic E-state index is 0.0747. The topological polar surface area (TPSA) is 0 Å². The minimum Gasteiger partial charge on any atom is -0.207 e. The predicted octanol–water partition coefficient (Wildman–Crippen LogP) is 4.56. The Morgan fingerprint density at radius 3 is 2.29 bits per heavy atom. The van der Waals surface area contributed by atoms with Crippen LogP contribution in [0.25, 0.3) is 0 Å². The summed E-state index contributed by atoms with van der Waals surface area (Å²) in [5, 5.41) is 0.459. The van der Waals surface area contributed by atoms with Gasteiger partial charge in [-0.2, -0.15) is 0 Å². The molecular formula is C12H16ClF. The fraction of sp³-hybridized carbons (Fsp3) is 0.500. The van der Waals surface area contributed by atoms with Crippen molar-refractivity contribution in [3.8, 4) is 0 Å². The molecule has 0 aromatic heterocycles. The molecule has 1 aromatic rings. The summed E-state index contributed by atoms with van der Waals surface area (Å²) in [4.78, 5) is 0. The fourth-order valence-electron chi connectivity index (χ4n) is 1.61. The third-order valence-corrected chi connectivity index (χ3v) is 3.38. The van der Waals surface area contributed by atoms with Crippen molar-refractivity contribution < 1.29 is 4.39 Å². The summed E-state index contributed by atoms with van der Waals surface area (Å²) in [6.07, 6.45) is 1.87. The van der Waals surface area contributed by atoms with E-state index in [9.17, 15) is 4.39 Å².